The number of nitrogens with zero attached hydrogens (tertiary/aromatic N) is 3. The number of carbonyl (C=O) groups excluding carboxylic acids is 1. The zero-order chi connectivity index (χ0) is 21.9. The molecule has 1 aliphatic rings. The minimum atomic E-state index is -0.0243. The molecule has 0 radical (unpaired) electrons. The van der Waals surface area contributed by atoms with Gasteiger partial charge in [-0.05, 0) is 47.7 Å². The lowest BCUT2D eigenvalue weighted by atomic mass is 10.1. The molecule has 164 valence electrons. The summed E-state index contributed by atoms with van der Waals surface area (Å²) >= 11 is 1.64. The molecule has 3 aromatic carbocycles. The highest BCUT2D eigenvalue weighted by Gasteiger charge is 2.20. The van der Waals surface area contributed by atoms with Gasteiger partial charge >= 0.3 is 6.03 Å². The van der Waals surface area contributed by atoms with E-state index in [1.165, 1.54) is 10.8 Å². The van der Waals surface area contributed by atoms with Crippen LogP contribution in [0, 0.1) is 0 Å². The average molecular weight is 446 g/mol. The highest BCUT2D eigenvalue weighted by molar-refractivity contribution is 7.98. The topological polar surface area (TPSA) is 64.3 Å². The summed E-state index contributed by atoms with van der Waals surface area (Å²) in [5, 5.41) is 5.51. The first-order valence-electron chi connectivity index (χ1n) is 11.0. The van der Waals surface area contributed by atoms with Gasteiger partial charge < -0.3 is 15.2 Å². The third kappa shape index (κ3) is 4.45. The van der Waals surface area contributed by atoms with Crippen LogP contribution >= 0.6 is 11.8 Å². The molecular weight excluding hydrogens is 418 g/mol. The zero-order valence-electron chi connectivity index (χ0n) is 18.2. The molecule has 6 nitrogen and oxygen atoms in total. The van der Waals surface area contributed by atoms with E-state index in [1.807, 2.05) is 35.4 Å². The number of anilines is 1. The quantitative estimate of drug-likeness (QED) is 0.425. The van der Waals surface area contributed by atoms with Gasteiger partial charge in [-0.25, -0.2) is 9.78 Å². The second kappa shape index (κ2) is 9.22. The van der Waals surface area contributed by atoms with Crippen LogP contribution < -0.4 is 5.32 Å². The second-order valence-electron chi connectivity index (χ2n) is 8.15. The summed E-state index contributed by atoms with van der Waals surface area (Å²) in [6, 6.07) is 20.6. The minimum Gasteiger partial charge on any atom is -0.341 e. The molecule has 0 spiro atoms. The summed E-state index contributed by atoms with van der Waals surface area (Å²) in [7, 11) is 0. The van der Waals surface area contributed by atoms with Crippen LogP contribution in [-0.4, -0.2) is 58.2 Å². The highest BCUT2D eigenvalue weighted by atomic mass is 32.2. The van der Waals surface area contributed by atoms with Crippen molar-refractivity contribution in [3.8, 4) is 0 Å². The number of benzene rings is 3. The molecule has 1 aliphatic heterocycles. The smallest absolute Gasteiger partial charge is 0.321 e. The Morgan fingerprint density at radius 2 is 1.81 bits per heavy atom. The molecule has 2 N–H and O–H groups in total. The van der Waals surface area contributed by atoms with Gasteiger partial charge in [0.1, 0.15) is 5.82 Å². The predicted molar refractivity (Wildman–Crippen MR) is 132 cm³/mol. The molecule has 1 fully saturated rings. The number of nitrogens with one attached hydrogen (secondary N) is 2. The fraction of sp³-hybridized carbons (Fsp3) is 0.280. The molecule has 1 saturated heterocycles. The van der Waals surface area contributed by atoms with Crippen molar-refractivity contribution < 1.29 is 4.79 Å². The van der Waals surface area contributed by atoms with E-state index in [1.54, 1.807) is 11.8 Å². The van der Waals surface area contributed by atoms with E-state index in [9.17, 15) is 4.79 Å². The van der Waals surface area contributed by atoms with Gasteiger partial charge in [-0.15, -0.1) is 11.8 Å². The van der Waals surface area contributed by atoms with Crippen LogP contribution in [0.1, 0.15) is 12.2 Å². The first kappa shape index (κ1) is 20.8. The van der Waals surface area contributed by atoms with Crippen molar-refractivity contribution in [3.05, 3.63) is 66.5 Å². The standard InChI is InChI=1S/C25H27N5OS/c1-32-23-10-5-4-9-20(23)28-25(31)30-12-6-11-29(13-14-30)17-24-26-21-15-18-7-2-3-8-19(18)16-22(21)27-24/h2-5,7-10,15-16H,6,11-14,17H2,1H3,(H,26,27)(H,28,31). The number of aromatic nitrogens is 2. The van der Waals surface area contributed by atoms with Crippen LogP contribution in [0.4, 0.5) is 10.5 Å². The van der Waals surface area contributed by atoms with E-state index in [0.717, 1.165) is 60.0 Å². The van der Waals surface area contributed by atoms with Crippen molar-refractivity contribution in [1.29, 1.82) is 0 Å². The van der Waals surface area contributed by atoms with Gasteiger partial charge in [0.2, 0.25) is 0 Å². The Labute approximate surface area is 192 Å². The number of aromatic amines is 1. The molecular formula is C25H27N5OS. The van der Waals surface area contributed by atoms with Crippen LogP contribution in [0.2, 0.25) is 0 Å². The number of hydrogen-bond donors (Lipinski definition) is 2. The Kier molecular flexibility index (Phi) is 6.01. The summed E-state index contributed by atoms with van der Waals surface area (Å²) in [5.41, 5.74) is 2.95. The zero-order valence-corrected chi connectivity index (χ0v) is 19.0. The second-order valence-corrected chi connectivity index (χ2v) is 9.00. The maximum atomic E-state index is 12.9. The molecule has 0 aliphatic carbocycles. The fourth-order valence-electron chi connectivity index (χ4n) is 4.31. The summed E-state index contributed by atoms with van der Waals surface area (Å²) in [6.07, 6.45) is 2.97. The molecule has 7 heteroatoms. The van der Waals surface area contributed by atoms with E-state index >= 15 is 0 Å². The van der Waals surface area contributed by atoms with Crippen molar-refractivity contribution in [3.63, 3.8) is 0 Å². The Bertz CT molecular complexity index is 1200. The van der Waals surface area contributed by atoms with Gasteiger partial charge in [0.15, 0.2) is 0 Å². The van der Waals surface area contributed by atoms with Crippen LogP contribution in [0.25, 0.3) is 21.8 Å². The van der Waals surface area contributed by atoms with Crippen molar-refractivity contribution in [2.24, 2.45) is 0 Å². The van der Waals surface area contributed by atoms with Crippen molar-refractivity contribution in [2.45, 2.75) is 17.9 Å². The Hall–Kier alpha value is -3.03. The lowest BCUT2D eigenvalue weighted by molar-refractivity contribution is 0.210. The normalized spacial score (nSPS) is 15.2. The van der Waals surface area contributed by atoms with Crippen molar-refractivity contribution >= 4 is 45.3 Å². The maximum Gasteiger partial charge on any atom is 0.321 e. The largest absolute Gasteiger partial charge is 0.341 e. The first-order valence-corrected chi connectivity index (χ1v) is 12.2. The molecule has 0 bridgehead atoms. The molecule has 0 atom stereocenters. The first-order chi connectivity index (χ1) is 15.7. The molecule has 2 amide bonds. The van der Waals surface area contributed by atoms with Gasteiger partial charge in [0, 0.05) is 31.1 Å². The molecule has 2 heterocycles. The van der Waals surface area contributed by atoms with Gasteiger partial charge in [-0.3, -0.25) is 4.90 Å². The number of para-hydroxylation sites is 1. The third-order valence-electron chi connectivity index (χ3n) is 6.00. The minimum absolute atomic E-state index is 0.0243. The lowest BCUT2D eigenvalue weighted by Crippen LogP contribution is -2.38. The third-order valence-corrected chi connectivity index (χ3v) is 6.79. The number of fused-ring (bicyclic) bond motifs is 2. The van der Waals surface area contributed by atoms with Gasteiger partial charge in [0.25, 0.3) is 0 Å². The Balaban J connectivity index is 1.23. The van der Waals surface area contributed by atoms with Crippen molar-refractivity contribution in [2.75, 3.05) is 37.8 Å². The summed E-state index contributed by atoms with van der Waals surface area (Å²) in [4.78, 5) is 26.5. The van der Waals surface area contributed by atoms with E-state index in [-0.39, 0.29) is 6.03 Å². The molecule has 1 aromatic heterocycles. The maximum absolute atomic E-state index is 12.9. The van der Waals surface area contributed by atoms with Crippen molar-refractivity contribution in [1.82, 2.24) is 19.8 Å². The van der Waals surface area contributed by atoms with Gasteiger partial charge in [-0.1, -0.05) is 36.4 Å². The van der Waals surface area contributed by atoms with E-state index in [4.69, 9.17) is 4.98 Å². The van der Waals surface area contributed by atoms with Gasteiger partial charge in [0.05, 0.1) is 23.3 Å². The number of carbonyl (C=O) groups is 1. The molecule has 0 unspecified atom stereocenters. The van der Waals surface area contributed by atoms with Crippen LogP contribution in [0.5, 0.6) is 0 Å². The summed E-state index contributed by atoms with van der Waals surface area (Å²) < 4.78 is 0. The number of imidazole rings is 1. The van der Waals surface area contributed by atoms with Crippen LogP contribution in [-0.2, 0) is 6.54 Å². The Morgan fingerprint density at radius 1 is 1.03 bits per heavy atom. The van der Waals surface area contributed by atoms with Crippen LogP contribution in [0.3, 0.4) is 0 Å². The van der Waals surface area contributed by atoms with E-state index < -0.39 is 0 Å². The fourth-order valence-corrected chi connectivity index (χ4v) is 4.86. The summed E-state index contributed by atoms with van der Waals surface area (Å²) in [6.45, 7) is 4.00. The lowest BCUT2D eigenvalue weighted by Gasteiger charge is -2.22. The average Bonchev–Trinajstić information content (AvgIpc) is 3.04. The number of H-pyrrole nitrogens is 1. The van der Waals surface area contributed by atoms with Gasteiger partial charge in [-0.2, -0.15) is 0 Å². The summed E-state index contributed by atoms with van der Waals surface area (Å²) in [5.74, 6) is 0.974. The number of hydrogen-bond acceptors (Lipinski definition) is 4. The Morgan fingerprint density at radius 3 is 2.66 bits per heavy atom. The number of urea groups is 1. The van der Waals surface area contributed by atoms with Crippen LogP contribution in [0.15, 0.2) is 65.6 Å². The number of thioether (sulfide) groups is 1. The molecule has 4 aromatic rings. The number of amides is 2. The molecule has 5 rings (SSSR count). The molecule has 32 heavy (non-hydrogen) atoms. The SMILES string of the molecule is CSc1ccccc1NC(=O)N1CCCN(Cc2nc3cc4ccccc4cc3[nH]2)CC1. The number of rotatable bonds is 4. The van der Waals surface area contributed by atoms with E-state index in [2.05, 4.69) is 51.6 Å². The predicted octanol–water partition coefficient (Wildman–Crippen LogP) is 5.18. The highest BCUT2D eigenvalue weighted by Crippen LogP contribution is 2.25. The van der Waals surface area contributed by atoms with E-state index in [0.29, 0.717) is 6.54 Å². The molecule has 0 saturated carbocycles. The monoisotopic (exact) mass is 445 g/mol.